The van der Waals surface area contributed by atoms with Crippen LogP contribution in [0, 0.1) is 0 Å². The molecule has 2 aromatic rings. The summed E-state index contributed by atoms with van der Waals surface area (Å²) in [5.41, 5.74) is 4.75. The number of anilines is 1. The molecule has 0 amide bonds. The van der Waals surface area contributed by atoms with Gasteiger partial charge in [0, 0.05) is 0 Å². The van der Waals surface area contributed by atoms with E-state index in [1.807, 2.05) is 42.5 Å². The number of methoxy groups -OCH3 is 3. The molecule has 0 aliphatic heterocycles. The lowest BCUT2D eigenvalue weighted by atomic mass is 10.2. The maximum atomic E-state index is 5.25. The molecule has 2 rings (SSSR count). The van der Waals surface area contributed by atoms with Crippen molar-refractivity contribution in [2.75, 3.05) is 26.8 Å². The number of nitrogens with zero attached hydrogens (tertiary/aromatic N) is 1. The van der Waals surface area contributed by atoms with Gasteiger partial charge in [-0.3, -0.25) is 5.43 Å². The first-order valence-corrected chi connectivity index (χ1v) is 6.42. The molecule has 5 heteroatoms. The van der Waals surface area contributed by atoms with E-state index in [0.717, 1.165) is 17.0 Å². The molecule has 110 valence electrons. The second-order valence-electron chi connectivity index (χ2n) is 4.21. The summed E-state index contributed by atoms with van der Waals surface area (Å²) < 4.78 is 15.5. The molecule has 0 aromatic heterocycles. The van der Waals surface area contributed by atoms with Crippen molar-refractivity contribution in [2.24, 2.45) is 5.10 Å². The van der Waals surface area contributed by atoms with E-state index < -0.39 is 0 Å². The normalized spacial score (nSPS) is 10.4. The summed E-state index contributed by atoms with van der Waals surface area (Å²) in [6.45, 7) is 0. The highest BCUT2D eigenvalue weighted by molar-refractivity contribution is 5.81. The van der Waals surface area contributed by atoms with Crippen molar-refractivity contribution >= 4 is 11.9 Å². The van der Waals surface area contributed by atoms with Gasteiger partial charge in [-0.15, -0.1) is 0 Å². The average Bonchev–Trinajstić information content (AvgIpc) is 2.55. The summed E-state index contributed by atoms with van der Waals surface area (Å²) >= 11 is 0. The Bertz CT molecular complexity index is 609. The van der Waals surface area contributed by atoms with Crippen molar-refractivity contribution < 1.29 is 14.2 Å². The van der Waals surface area contributed by atoms with Gasteiger partial charge < -0.3 is 14.2 Å². The van der Waals surface area contributed by atoms with Crippen LogP contribution in [0.4, 0.5) is 5.69 Å². The van der Waals surface area contributed by atoms with Crippen LogP contribution in [0.25, 0.3) is 0 Å². The lowest BCUT2D eigenvalue weighted by Crippen LogP contribution is -1.94. The minimum atomic E-state index is 0.672. The van der Waals surface area contributed by atoms with E-state index >= 15 is 0 Å². The lowest BCUT2D eigenvalue weighted by Gasteiger charge is -2.07. The van der Waals surface area contributed by atoms with Crippen molar-refractivity contribution in [1.29, 1.82) is 0 Å². The van der Waals surface area contributed by atoms with Gasteiger partial charge in [-0.2, -0.15) is 5.10 Å². The van der Waals surface area contributed by atoms with Gasteiger partial charge in [0.25, 0.3) is 0 Å². The summed E-state index contributed by atoms with van der Waals surface area (Å²) in [4.78, 5) is 0. The molecule has 0 atom stereocenters. The van der Waals surface area contributed by atoms with Gasteiger partial charge >= 0.3 is 0 Å². The van der Waals surface area contributed by atoms with Crippen LogP contribution >= 0.6 is 0 Å². The van der Waals surface area contributed by atoms with Gasteiger partial charge in [0.15, 0.2) is 11.5 Å². The predicted octanol–water partition coefficient (Wildman–Crippen LogP) is 3.16. The number of hydrazone groups is 1. The average molecular weight is 286 g/mol. The Morgan fingerprint density at radius 3 is 2.19 bits per heavy atom. The fraction of sp³-hybridized carbons (Fsp3) is 0.188. The van der Waals surface area contributed by atoms with Crippen LogP contribution in [0.15, 0.2) is 47.6 Å². The van der Waals surface area contributed by atoms with Gasteiger partial charge in [-0.05, 0) is 48.0 Å². The molecule has 0 unspecified atom stereocenters. The number of ether oxygens (including phenoxy) is 3. The first kappa shape index (κ1) is 14.7. The minimum Gasteiger partial charge on any atom is -0.497 e. The van der Waals surface area contributed by atoms with Crippen LogP contribution in [0.3, 0.4) is 0 Å². The highest BCUT2D eigenvalue weighted by atomic mass is 16.5. The van der Waals surface area contributed by atoms with E-state index in [2.05, 4.69) is 10.5 Å². The topological polar surface area (TPSA) is 52.1 Å². The molecule has 0 heterocycles. The Hall–Kier alpha value is -2.69. The quantitative estimate of drug-likeness (QED) is 0.654. The maximum absolute atomic E-state index is 5.25. The van der Waals surface area contributed by atoms with Gasteiger partial charge in [0.1, 0.15) is 5.75 Å². The smallest absolute Gasteiger partial charge is 0.161 e. The maximum Gasteiger partial charge on any atom is 0.161 e. The van der Waals surface area contributed by atoms with E-state index in [-0.39, 0.29) is 0 Å². The van der Waals surface area contributed by atoms with Gasteiger partial charge in [0.05, 0.1) is 33.2 Å². The minimum absolute atomic E-state index is 0.672. The molecule has 0 radical (unpaired) electrons. The summed E-state index contributed by atoms with van der Waals surface area (Å²) in [6, 6.07) is 13.1. The third-order valence-corrected chi connectivity index (χ3v) is 2.90. The van der Waals surface area contributed by atoms with E-state index in [1.54, 1.807) is 27.5 Å². The van der Waals surface area contributed by atoms with Crippen molar-refractivity contribution in [3.63, 3.8) is 0 Å². The summed E-state index contributed by atoms with van der Waals surface area (Å²) in [5, 5.41) is 4.19. The molecular weight excluding hydrogens is 268 g/mol. The zero-order chi connectivity index (χ0) is 15.1. The van der Waals surface area contributed by atoms with Crippen LogP contribution in [-0.4, -0.2) is 27.5 Å². The molecule has 2 aromatic carbocycles. The third kappa shape index (κ3) is 3.89. The molecule has 5 nitrogen and oxygen atoms in total. The first-order chi connectivity index (χ1) is 10.3. The molecule has 0 aliphatic rings. The molecule has 0 spiro atoms. The van der Waals surface area contributed by atoms with Crippen molar-refractivity contribution in [3.05, 3.63) is 48.0 Å². The van der Waals surface area contributed by atoms with Crippen LogP contribution in [-0.2, 0) is 0 Å². The molecule has 0 fully saturated rings. The predicted molar refractivity (Wildman–Crippen MR) is 83.8 cm³/mol. The zero-order valence-electron chi connectivity index (χ0n) is 12.3. The van der Waals surface area contributed by atoms with E-state index in [9.17, 15) is 0 Å². The van der Waals surface area contributed by atoms with Gasteiger partial charge in [-0.1, -0.05) is 0 Å². The molecule has 0 saturated heterocycles. The highest BCUT2D eigenvalue weighted by Gasteiger charge is 2.02. The van der Waals surface area contributed by atoms with E-state index in [4.69, 9.17) is 14.2 Å². The number of rotatable bonds is 6. The molecule has 1 N–H and O–H groups in total. The Morgan fingerprint density at radius 2 is 1.57 bits per heavy atom. The highest BCUT2D eigenvalue weighted by Crippen LogP contribution is 2.26. The largest absolute Gasteiger partial charge is 0.497 e. The van der Waals surface area contributed by atoms with Crippen LogP contribution < -0.4 is 19.6 Å². The lowest BCUT2D eigenvalue weighted by molar-refractivity contribution is 0.355. The van der Waals surface area contributed by atoms with Crippen LogP contribution in [0.2, 0.25) is 0 Å². The fourth-order valence-corrected chi connectivity index (χ4v) is 1.78. The van der Waals surface area contributed by atoms with Crippen molar-refractivity contribution in [1.82, 2.24) is 0 Å². The van der Waals surface area contributed by atoms with Gasteiger partial charge in [-0.25, -0.2) is 0 Å². The molecular formula is C16H18N2O3. The second kappa shape index (κ2) is 7.19. The fourth-order valence-electron chi connectivity index (χ4n) is 1.78. The number of hydrogen-bond donors (Lipinski definition) is 1. The Labute approximate surface area is 124 Å². The van der Waals surface area contributed by atoms with Crippen molar-refractivity contribution in [3.8, 4) is 17.2 Å². The van der Waals surface area contributed by atoms with E-state index in [1.165, 1.54) is 0 Å². The van der Waals surface area contributed by atoms with Crippen LogP contribution in [0.5, 0.6) is 17.2 Å². The first-order valence-electron chi connectivity index (χ1n) is 6.42. The molecule has 0 bridgehead atoms. The molecule has 21 heavy (non-hydrogen) atoms. The number of nitrogens with one attached hydrogen (secondary N) is 1. The summed E-state index contributed by atoms with van der Waals surface area (Å²) in [6.07, 6.45) is 1.71. The van der Waals surface area contributed by atoms with E-state index in [0.29, 0.717) is 11.5 Å². The monoisotopic (exact) mass is 286 g/mol. The SMILES string of the molecule is COc1ccc(N/N=C/c2ccc(OC)c(OC)c2)cc1. The van der Waals surface area contributed by atoms with Gasteiger partial charge in [0.2, 0.25) is 0 Å². The van der Waals surface area contributed by atoms with Crippen LogP contribution in [0.1, 0.15) is 5.56 Å². The van der Waals surface area contributed by atoms with Crippen molar-refractivity contribution in [2.45, 2.75) is 0 Å². The Kier molecular flexibility index (Phi) is 5.04. The summed E-state index contributed by atoms with van der Waals surface area (Å²) in [5.74, 6) is 2.17. The molecule has 0 saturated carbocycles. The third-order valence-electron chi connectivity index (χ3n) is 2.90. The standard InChI is InChI=1S/C16H18N2O3/c1-19-14-7-5-13(6-8-14)18-17-11-12-4-9-15(20-2)16(10-12)21-3/h4-11,18H,1-3H3/b17-11+. The summed E-state index contributed by atoms with van der Waals surface area (Å²) in [7, 11) is 4.85. The molecule has 0 aliphatic carbocycles. The Balaban J connectivity index is 2.03. The Morgan fingerprint density at radius 1 is 0.857 bits per heavy atom. The number of hydrogen-bond acceptors (Lipinski definition) is 5. The number of benzene rings is 2. The zero-order valence-corrected chi connectivity index (χ0v) is 12.3. The second-order valence-corrected chi connectivity index (χ2v) is 4.21.